The minimum absolute atomic E-state index is 0.106. The molecular weight excluding hydrogens is 400 g/mol. The smallest absolute Gasteiger partial charge is 0.0561 e. The van der Waals surface area contributed by atoms with E-state index in [2.05, 4.69) is 49.4 Å². The van der Waals surface area contributed by atoms with Crippen molar-refractivity contribution < 1.29 is 0 Å². The lowest BCUT2D eigenvalue weighted by Gasteiger charge is -2.37. The molecule has 2 bridgehead atoms. The van der Waals surface area contributed by atoms with Gasteiger partial charge in [-0.1, -0.05) is 23.7 Å². The van der Waals surface area contributed by atoms with E-state index in [-0.39, 0.29) is 11.1 Å². The standard InChI is InChI=1S/C21H39ClN8/c22-19-3-1-18(2-4-19)11-30-21-15-27-8-5-24-12-20(23,13-25-6-9-28-16-21)14-26-7-10-29-17-21/h1-4,24-30H,5-17,23H2. The molecule has 1 aromatic carbocycles. The molecule has 0 radical (unpaired) electrons. The van der Waals surface area contributed by atoms with Crippen LogP contribution in [0.5, 0.6) is 0 Å². The molecule has 9 heteroatoms. The number of rotatable bonds is 3. The highest BCUT2D eigenvalue weighted by Crippen LogP contribution is 2.11. The summed E-state index contributed by atoms with van der Waals surface area (Å²) in [6, 6.07) is 8.07. The van der Waals surface area contributed by atoms with Gasteiger partial charge in [-0.25, -0.2) is 0 Å². The van der Waals surface area contributed by atoms with Crippen LogP contribution in [0.3, 0.4) is 0 Å². The minimum Gasteiger partial charge on any atom is -0.322 e. The summed E-state index contributed by atoms with van der Waals surface area (Å²) in [6.45, 7) is 11.2. The molecule has 0 unspecified atom stereocenters. The SMILES string of the molecule is NC12CNCCNCC(NCc3ccc(Cl)cc3)(CNCCNC1)CNCCNC2. The van der Waals surface area contributed by atoms with Crippen LogP contribution in [0.25, 0.3) is 0 Å². The number of hydrogen-bond donors (Lipinski definition) is 8. The summed E-state index contributed by atoms with van der Waals surface area (Å²) in [6.07, 6.45) is 0. The monoisotopic (exact) mass is 438 g/mol. The van der Waals surface area contributed by atoms with Gasteiger partial charge in [0.15, 0.2) is 0 Å². The summed E-state index contributed by atoms with van der Waals surface area (Å²) in [5.74, 6) is 0. The molecule has 0 aliphatic carbocycles. The van der Waals surface area contributed by atoms with Crippen LogP contribution in [0.1, 0.15) is 5.56 Å². The van der Waals surface area contributed by atoms with Crippen molar-refractivity contribution in [2.45, 2.75) is 17.6 Å². The van der Waals surface area contributed by atoms with Gasteiger partial charge in [-0.15, -0.1) is 0 Å². The van der Waals surface area contributed by atoms with E-state index in [1.807, 2.05) is 12.1 Å². The van der Waals surface area contributed by atoms with Gasteiger partial charge in [0, 0.05) is 90.1 Å². The molecule has 3 fully saturated rings. The largest absolute Gasteiger partial charge is 0.322 e. The predicted molar refractivity (Wildman–Crippen MR) is 125 cm³/mol. The molecule has 3 aliphatic heterocycles. The van der Waals surface area contributed by atoms with Gasteiger partial charge in [0.05, 0.1) is 11.1 Å². The van der Waals surface area contributed by atoms with Gasteiger partial charge >= 0.3 is 0 Å². The van der Waals surface area contributed by atoms with Gasteiger partial charge in [-0.05, 0) is 17.7 Å². The van der Waals surface area contributed by atoms with Gasteiger partial charge in [-0.2, -0.15) is 0 Å². The van der Waals surface area contributed by atoms with Crippen LogP contribution < -0.4 is 43.0 Å². The fourth-order valence-corrected chi connectivity index (χ4v) is 4.11. The maximum Gasteiger partial charge on any atom is 0.0561 e. The topological polar surface area (TPSA) is 110 Å². The zero-order valence-electron chi connectivity index (χ0n) is 18.0. The molecular formula is C21H39ClN8. The fourth-order valence-electron chi connectivity index (χ4n) is 3.98. The molecule has 4 rings (SSSR count). The second-order valence-electron chi connectivity index (χ2n) is 8.68. The molecule has 0 aromatic heterocycles. The Morgan fingerprint density at radius 3 is 1.53 bits per heavy atom. The zero-order chi connectivity index (χ0) is 21.1. The number of fused-ring (bicyclic) bond motifs is 15. The van der Waals surface area contributed by atoms with Crippen LogP contribution in [-0.4, -0.2) is 89.6 Å². The molecule has 1 aromatic rings. The van der Waals surface area contributed by atoms with E-state index < -0.39 is 0 Å². The molecule has 0 amide bonds. The lowest BCUT2D eigenvalue weighted by molar-refractivity contribution is 0.269. The summed E-state index contributed by atoms with van der Waals surface area (Å²) in [7, 11) is 0. The van der Waals surface area contributed by atoms with E-state index in [1.165, 1.54) is 5.56 Å². The van der Waals surface area contributed by atoms with Crippen molar-refractivity contribution in [1.29, 1.82) is 0 Å². The molecule has 0 spiro atoms. The van der Waals surface area contributed by atoms with E-state index in [9.17, 15) is 0 Å². The average molecular weight is 439 g/mol. The Kier molecular flexibility index (Phi) is 9.76. The van der Waals surface area contributed by atoms with Crippen molar-refractivity contribution in [1.82, 2.24) is 37.2 Å². The molecule has 3 aliphatic rings. The normalized spacial score (nSPS) is 30.5. The quantitative estimate of drug-likeness (QED) is 0.286. The molecule has 0 saturated carbocycles. The van der Waals surface area contributed by atoms with Crippen molar-refractivity contribution in [2.75, 3.05) is 78.5 Å². The van der Waals surface area contributed by atoms with Gasteiger partial charge < -0.3 is 43.0 Å². The Morgan fingerprint density at radius 1 is 0.700 bits per heavy atom. The number of nitrogens with one attached hydrogen (secondary N) is 7. The highest BCUT2D eigenvalue weighted by Gasteiger charge is 2.30. The molecule has 30 heavy (non-hydrogen) atoms. The lowest BCUT2D eigenvalue weighted by Crippen LogP contribution is -2.66. The van der Waals surface area contributed by atoms with Crippen LogP contribution in [0.15, 0.2) is 24.3 Å². The van der Waals surface area contributed by atoms with Crippen molar-refractivity contribution in [2.24, 2.45) is 5.73 Å². The molecule has 3 saturated heterocycles. The maximum atomic E-state index is 6.66. The Bertz CT molecular complexity index is 568. The first-order valence-electron chi connectivity index (χ1n) is 11.1. The van der Waals surface area contributed by atoms with Gasteiger partial charge in [-0.3, -0.25) is 0 Å². The summed E-state index contributed by atoms with van der Waals surface area (Å²) in [4.78, 5) is 0. The molecule has 9 N–H and O–H groups in total. The van der Waals surface area contributed by atoms with Crippen LogP contribution in [0.2, 0.25) is 5.02 Å². The summed E-state index contributed by atoms with van der Waals surface area (Å²) >= 11 is 6.05. The third kappa shape index (κ3) is 8.03. The number of benzene rings is 1. The second kappa shape index (κ2) is 12.3. The molecule has 8 nitrogen and oxygen atoms in total. The second-order valence-corrected chi connectivity index (χ2v) is 9.12. The van der Waals surface area contributed by atoms with Gasteiger partial charge in [0.1, 0.15) is 0 Å². The third-order valence-electron chi connectivity index (χ3n) is 5.84. The first-order valence-corrected chi connectivity index (χ1v) is 11.5. The van der Waals surface area contributed by atoms with E-state index >= 15 is 0 Å². The highest BCUT2D eigenvalue weighted by atomic mass is 35.5. The number of nitrogens with two attached hydrogens (primary N) is 1. The number of hydrogen-bond acceptors (Lipinski definition) is 8. The molecule has 0 atom stereocenters. The first kappa shape index (κ1) is 23.8. The molecule has 170 valence electrons. The van der Waals surface area contributed by atoms with Gasteiger partial charge in [0.2, 0.25) is 0 Å². The Labute approximate surface area is 185 Å². The average Bonchev–Trinajstić information content (AvgIpc) is 2.74. The fraction of sp³-hybridized carbons (Fsp3) is 0.714. The van der Waals surface area contributed by atoms with Crippen molar-refractivity contribution in [3.63, 3.8) is 0 Å². The third-order valence-corrected chi connectivity index (χ3v) is 6.09. The Morgan fingerprint density at radius 2 is 1.10 bits per heavy atom. The maximum absolute atomic E-state index is 6.66. The zero-order valence-corrected chi connectivity index (χ0v) is 18.7. The van der Waals surface area contributed by atoms with E-state index in [0.717, 1.165) is 90.1 Å². The predicted octanol–water partition coefficient (Wildman–Crippen LogP) is -1.57. The van der Waals surface area contributed by atoms with Crippen LogP contribution >= 0.6 is 11.6 Å². The van der Waals surface area contributed by atoms with Crippen LogP contribution in [-0.2, 0) is 6.54 Å². The lowest BCUT2D eigenvalue weighted by atomic mass is 9.97. The van der Waals surface area contributed by atoms with Crippen LogP contribution in [0, 0.1) is 0 Å². The number of halogens is 1. The molecule has 3 heterocycles. The Balaban J connectivity index is 1.70. The summed E-state index contributed by atoms with van der Waals surface area (Å²) in [5, 5.41) is 26.2. The van der Waals surface area contributed by atoms with Crippen molar-refractivity contribution >= 4 is 11.6 Å². The van der Waals surface area contributed by atoms with E-state index in [4.69, 9.17) is 17.3 Å². The van der Waals surface area contributed by atoms with E-state index in [0.29, 0.717) is 0 Å². The van der Waals surface area contributed by atoms with Crippen molar-refractivity contribution in [3.8, 4) is 0 Å². The Hall–Kier alpha value is -0.810. The first-order chi connectivity index (χ1) is 14.6. The highest BCUT2D eigenvalue weighted by molar-refractivity contribution is 6.30. The summed E-state index contributed by atoms with van der Waals surface area (Å²) < 4.78 is 0. The van der Waals surface area contributed by atoms with Crippen molar-refractivity contribution in [3.05, 3.63) is 34.9 Å². The van der Waals surface area contributed by atoms with Gasteiger partial charge in [0.25, 0.3) is 0 Å². The van der Waals surface area contributed by atoms with Crippen LogP contribution in [0.4, 0.5) is 0 Å². The minimum atomic E-state index is -0.294. The summed E-state index contributed by atoms with van der Waals surface area (Å²) in [5.41, 5.74) is 7.49. The van der Waals surface area contributed by atoms with E-state index in [1.54, 1.807) is 0 Å².